The third-order valence-electron chi connectivity index (χ3n) is 2.51. The molecule has 0 bridgehead atoms. The van der Waals surface area contributed by atoms with Crippen LogP contribution in [0, 0.1) is 0 Å². The van der Waals surface area contributed by atoms with E-state index in [1.807, 2.05) is 0 Å². The van der Waals surface area contributed by atoms with Crippen LogP contribution in [0.2, 0.25) is 0 Å². The van der Waals surface area contributed by atoms with Crippen molar-refractivity contribution in [2.75, 3.05) is 32.6 Å². The number of aromatic nitrogens is 1. The van der Waals surface area contributed by atoms with Gasteiger partial charge in [-0.3, -0.25) is 9.08 Å². The second-order valence-electron chi connectivity index (χ2n) is 4.14. The molecule has 0 spiro atoms. The monoisotopic (exact) mass is 276 g/mol. The van der Waals surface area contributed by atoms with Gasteiger partial charge in [0, 0.05) is 19.2 Å². The van der Waals surface area contributed by atoms with E-state index in [4.69, 9.17) is 9.26 Å². The summed E-state index contributed by atoms with van der Waals surface area (Å²) in [5.41, 5.74) is 0.476. The van der Waals surface area contributed by atoms with Crippen LogP contribution < -0.4 is 0 Å². The van der Waals surface area contributed by atoms with E-state index < -0.39 is 10.1 Å². The largest absolute Gasteiger partial charge is 0.379 e. The first-order chi connectivity index (χ1) is 8.53. The maximum Gasteiger partial charge on any atom is 0.264 e. The van der Waals surface area contributed by atoms with Crippen molar-refractivity contribution in [3.05, 3.63) is 17.5 Å². The zero-order valence-electron chi connectivity index (χ0n) is 10.2. The highest BCUT2D eigenvalue weighted by molar-refractivity contribution is 7.85. The van der Waals surface area contributed by atoms with E-state index in [1.165, 1.54) is 0 Å². The topological polar surface area (TPSA) is 81.9 Å². The summed E-state index contributed by atoms with van der Waals surface area (Å²) in [5, 5.41) is 3.76. The van der Waals surface area contributed by atoms with Crippen LogP contribution >= 0.6 is 0 Å². The molecule has 2 rings (SSSR count). The summed E-state index contributed by atoms with van der Waals surface area (Å²) in [4.78, 5) is 2.19. The molecule has 0 unspecified atom stereocenters. The molecule has 0 aromatic carbocycles. The first-order valence-corrected chi connectivity index (χ1v) is 7.43. The molecule has 0 saturated carbocycles. The highest BCUT2D eigenvalue weighted by atomic mass is 32.2. The molecule has 1 aromatic heterocycles. The van der Waals surface area contributed by atoms with Gasteiger partial charge in [-0.15, -0.1) is 0 Å². The quantitative estimate of drug-likeness (QED) is 0.699. The van der Waals surface area contributed by atoms with Crippen molar-refractivity contribution in [2.45, 2.75) is 13.2 Å². The van der Waals surface area contributed by atoms with Crippen molar-refractivity contribution >= 4 is 10.1 Å². The number of hydrogen-bond donors (Lipinski definition) is 0. The Balaban J connectivity index is 1.85. The van der Waals surface area contributed by atoms with Gasteiger partial charge < -0.3 is 9.26 Å². The molecule has 0 amide bonds. The van der Waals surface area contributed by atoms with Crippen LogP contribution in [0.3, 0.4) is 0 Å². The number of nitrogens with zero attached hydrogens (tertiary/aromatic N) is 2. The predicted molar refractivity (Wildman–Crippen MR) is 62.2 cm³/mol. The second-order valence-corrected chi connectivity index (χ2v) is 5.78. The minimum absolute atomic E-state index is 0.0918. The smallest absolute Gasteiger partial charge is 0.264 e. The van der Waals surface area contributed by atoms with Crippen molar-refractivity contribution in [3.63, 3.8) is 0 Å². The molecule has 2 heterocycles. The molecule has 0 atom stereocenters. The second kappa shape index (κ2) is 5.79. The van der Waals surface area contributed by atoms with Crippen molar-refractivity contribution in [1.82, 2.24) is 10.1 Å². The molecule has 1 saturated heterocycles. The third kappa shape index (κ3) is 4.37. The summed E-state index contributed by atoms with van der Waals surface area (Å²) in [7, 11) is -3.45. The average molecular weight is 276 g/mol. The normalized spacial score (nSPS) is 18.1. The van der Waals surface area contributed by atoms with Gasteiger partial charge >= 0.3 is 0 Å². The Kier molecular flexibility index (Phi) is 4.33. The van der Waals surface area contributed by atoms with Crippen LogP contribution in [0.15, 0.2) is 10.6 Å². The maximum absolute atomic E-state index is 10.8. The first kappa shape index (κ1) is 13.5. The minimum Gasteiger partial charge on any atom is -0.379 e. The predicted octanol–water partition coefficient (Wildman–Crippen LogP) is -0.0170. The Hall–Kier alpha value is -0.960. The van der Waals surface area contributed by atoms with Crippen molar-refractivity contribution < 1.29 is 21.9 Å². The first-order valence-electron chi connectivity index (χ1n) is 5.62. The van der Waals surface area contributed by atoms with Gasteiger partial charge in [0.15, 0.2) is 5.76 Å². The van der Waals surface area contributed by atoms with E-state index in [2.05, 4.69) is 14.2 Å². The van der Waals surface area contributed by atoms with Crippen molar-refractivity contribution in [2.24, 2.45) is 0 Å². The fourth-order valence-corrected chi connectivity index (χ4v) is 1.98. The summed E-state index contributed by atoms with van der Waals surface area (Å²) in [5.74, 6) is 0.698. The van der Waals surface area contributed by atoms with Gasteiger partial charge in [-0.1, -0.05) is 5.16 Å². The average Bonchev–Trinajstić information content (AvgIpc) is 2.75. The van der Waals surface area contributed by atoms with E-state index >= 15 is 0 Å². The van der Waals surface area contributed by atoms with Crippen LogP contribution in [0.1, 0.15) is 11.5 Å². The summed E-state index contributed by atoms with van der Waals surface area (Å²) < 4.78 is 36.7. The Morgan fingerprint density at radius 1 is 1.44 bits per heavy atom. The molecular formula is C10H16N2O5S. The SMILES string of the molecule is CS(=O)(=O)OCc1cc(CN2CCOCC2)on1. The maximum atomic E-state index is 10.8. The molecule has 8 heteroatoms. The summed E-state index contributed by atoms with van der Waals surface area (Å²) in [6, 6.07) is 1.71. The summed E-state index contributed by atoms with van der Waals surface area (Å²) in [6.07, 6.45) is 1.00. The molecule has 1 aliphatic heterocycles. The number of hydrogen-bond acceptors (Lipinski definition) is 7. The van der Waals surface area contributed by atoms with Crippen LogP contribution in [-0.4, -0.2) is 51.0 Å². The van der Waals surface area contributed by atoms with Gasteiger partial charge in [0.05, 0.1) is 26.0 Å². The lowest BCUT2D eigenvalue weighted by Crippen LogP contribution is -2.35. The van der Waals surface area contributed by atoms with E-state index in [1.54, 1.807) is 6.07 Å². The Labute approximate surface area is 106 Å². The van der Waals surface area contributed by atoms with Gasteiger partial charge in [-0.05, 0) is 0 Å². The van der Waals surface area contributed by atoms with Gasteiger partial charge in [-0.25, -0.2) is 0 Å². The standard InChI is InChI=1S/C10H16N2O5S/c1-18(13,14)16-8-9-6-10(17-11-9)7-12-2-4-15-5-3-12/h6H,2-5,7-8H2,1H3. The number of morpholine rings is 1. The number of ether oxygens (including phenoxy) is 1. The molecule has 1 fully saturated rings. The molecule has 0 aliphatic carbocycles. The van der Waals surface area contributed by atoms with E-state index in [9.17, 15) is 8.42 Å². The zero-order chi connectivity index (χ0) is 13.0. The zero-order valence-corrected chi connectivity index (χ0v) is 11.0. The lowest BCUT2D eigenvalue weighted by Gasteiger charge is -2.25. The van der Waals surface area contributed by atoms with Crippen molar-refractivity contribution in [3.8, 4) is 0 Å². The number of rotatable bonds is 5. The van der Waals surface area contributed by atoms with E-state index in [0.29, 0.717) is 18.0 Å². The molecule has 102 valence electrons. The highest BCUT2D eigenvalue weighted by Crippen LogP contribution is 2.10. The van der Waals surface area contributed by atoms with Crippen LogP contribution in [-0.2, 0) is 32.2 Å². The molecule has 0 radical (unpaired) electrons. The molecule has 7 nitrogen and oxygen atoms in total. The minimum atomic E-state index is -3.45. The van der Waals surface area contributed by atoms with Crippen molar-refractivity contribution in [1.29, 1.82) is 0 Å². The molecule has 1 aromatic rings. The molecular weight excluding hydrogens is 260 g/mol. The lowest BCUT2D eigenvalue weighted by atomic mass is 10.3. The Bertz CT molecular complexity index is 478. The van der Waals surface area contributed by atoms with Gasteiger partial charge in [0.1, 0.15) is 12.3 Å². The van der Waals surface area contributed by atoms with E-state index in [0.717, 1.165) is 32.6 Å². The van der Waals surface area contributed by atoms with Crippen LogP contribution in [0.5, 0.6) is 0 Å². The molecule has 1 aliphatic rings. The fourth-order valence-electron chi connectivity index (χ4n) is 1.65. The highest BCUT2D eigenvalue weighted by Gasteiger charge is 2.14. The van der Waals surface area contributed by atoms with Gasteiger partial charge in [-0.2, -0.15) is 8.42 Å². The Morgan fingerprint density at radius 3 is 2.83 bits per heavy atom. The van der Waals surface area contributed by atoms with E-state index in [-0.39, 0.29) is 6.61 Å². The fraction of sp³-hybridized carbons (Fsp3) is 0.700. The molecule has 18 heavy (non-hydrogen) atoms. The summed E-state index contributed by atoms with van der Waals surface area (Å²) in [6.45, 7) is 3.71. The van der Waals surface area contributed by atoms with Gasteiger partial charge in [0.25, 0.3) is 10.1 Å². The lowest BCUT2D eigenvalue weighted by molar-refractivity contribution is 0.0305. The Morgan fingerprint density at radius 2 is 2.17 bits per heavy atom. The summed E-state index contributed by atoms with van der Waals surface area (Å²) >= 11 is 0. The molecule has 0 N–H and O–H groups in total. The van der Waals surface area contributed by atoms with Crippen LogP contribution in [0.25, 0.3) is 0 Å². The van der Waals surface area contributed by atoms with Gasteiger partial charge in [0.2, 0.25) is 0 Å². The van der Waals surface area contributed by atoms with Crippen LogP contribution in [0.4, 0.5) is 0 Å². The third-order valence-corrected chi connectivity index (χ3v) is 3.06.